The summed E-state index contributed by atoms with van der Waals surface area (Å²) in [4.78, 5) is 16.7. The molecule has 0 fully saturated rings. The molecule has 1 heterocycles. The highest BCUT2D eigenvalue weighted by Crippen LogP contribution is 2.33. The molecule has 3 rings (SSSR count). The number of thiazole rings is 1. The molecule has 0 bridgehead atoms. The topological polar surface area (TPSA) is 50.2 Å². The number of hydrogen-bond donors (Lipinski definition) is 1. The Bertz CT molecular complexity index is 580. The van der Waals surface area contributed by atoms with Gasteiger partial charge in [-0.15, -0.1) is 11.3 Å². The van der Waals surface area contributed by atoms with E-state index in [2.05, 4.69) is 4.98 Å². The molecule has 0 unspecified atom stereocenters. The second-order valence-corrected chi connectivity index (χ2v) is 5.92. The molecule has 3 nitrogen and oxygen atoms in total. The van der Waals surface area contributed by atoms with E-state index in [1.54, 1.807) is 11.3 Å². The van der Waals surface area contributed by atoms with E-state index in [1.165, 1.54) is 23.4 Å². The molecule has 0 aliphatic heterocycles. The first-order valence-electron chi connectivity index (χ1n) is 6.52. The Morgan fingerprint density at radius 3 is 2.74 bits per heavy atom. The molecular weight excluding hydrogens is 258 g/mol. The highest BCUT2D eigenvalue weighted by atomic mass is 32.1. The fourth-order valence-corrected chi connectivity index (χ4v) is 3.53. The lowest BCUT2D eigenvalue weighted by Crippen LogP contribution is -1.97. The van der Waals surface area contributed by atoms with Gasteiger partial charge < -0.3 is 5.11 Å². The number of carboxylic acid groups (broad SMARTS) is 1. The van der Waals surface area contributed by atoms with Gasteiger partial charge in [0.15, 0.2) is 0 Å². The van der Waals surface area contributed by atoms with E-state index < -0.39 is 5.97 Å². The predicted octanol–water partition coefficient (Wildman–Crippen LogP) is 3.32. The zero-order chi connectivity index (χ0) is 13.2. The summed E-state index contributed by atoms with van der Waals surface area (Å²) in [6.45, 7) is 0. The summed E-state index contributed by atoms with van der Waals surface area (Å²) >= 11 is 1.79. The van der Waals surface area contributed by atoms with Gasteiger partial charge in [-0.25, -0.2) is 4.98 Å². The molecule has 98 valence electrons. The second-order valence-electron chi connectivity index (χ2n) is 4.83. The van der Waals surface area contributed by atoms with E-state index in [9.17, 15) is 4.79 Å². The number of carbonyl (C=O) groups is 1. The molecule has 0 saturated heterocycles. The van der Waals surface area contributed by atoms with Crippen molar-refractivity contribution in [3.63, 3.8) is 0 Å². The maximum absolute atomic E-state index is 10.5. The second kappa shape index (κ2) is 5.13. The van der Waals surface area contributed by atoms with Crippen LogP contribution in [0.5, 0.6) is 0 Å². The molecule has 0 radical (unpaired) electrons. The van der Waals surface area contributed by atoms with Crippen molar-refractivity contribution in [3.8, 4) is 10.6 Å². The number of aliphatic carboxylic acids is 1. The molecule has 19 heavy (non-hydrogen) atoms. The largest absolute Gasteiger partial charge is 0.481 e. The highest BCUT2D eigenvalue weighted by Gasteiger charge is 2.17. The monoisotopic (exact) mass is 273 g/mol. The normalized spacial score (nSPS) is 13.5. The summed E-state index contributed by atoms with van der Waals surface area (Å²) in [5.74, 6) is -0.750. The third-order valence-corrected chi connectivity index (χ3v) is 4.63. The minimum absolute atomic E-state index is 0.185. The minimum Gasteiger partial charge on any atom is -0.481 e. The number of fused-ring (bicyclic) bond motifs is 1. The van der Waals surface area contributed by atoms with Gasteiger partial charge in [-0.2, -0.15) is 0 Å². The molecule has 4 heteroatoms. The highest BCUT2D eigenvalue weighted by molar-refractivity contribution is 7.15. The van der Waals surface area contributed by atoms with Crippen molar-refractivity contribution in [3.05, 3.63) is 40.4 Å². The Balaban J connectivity index is 1.76. The van der Waals surface area contributed by atoms with Gasteiger partial charge in [0.2, 0.25) is 0 Å². The number of rotatable bonds is 4. The Labute approximate surface area is 115 Å². The maximum Gasteiger partial charge on any atom is 0.303 e. The van der Waals surface area contributed by atoms with Crippen LogP contribution >= 0.6 is 11.3 Å². The SMILES string of the molecule is O=C(O)CCc1ccc(-c2nc3c(s2)CCC3)cc1. The van der Waals surface area contributed by atoms with Crippen LogP contribution in [0.3, 0.4) is 0 Å². The zero-order valence-electron chi connectivity index (χ0n) is 10.6. The molecule has 2 aromatic rings. The number of benzene rings is 1. The van der Waals surface area contributed by atoms with E-state index in [0.29, 0.717) is 6.42 Å². The fraction of sp³-hybridized carbons (Fsp3) is 0.333. The van der Waals surface area contributed by atoms with Crippen LogP contribution in [0.1, 0.15) is 29.0 Å². The van der Waals surface area contributed by atoms with Crippen molar-refractivity contribution < 1.29 is 9.90 Å². The van der Waals surface area contributed by atoms with Gasteiger partial charge in [0.25, 0.3) is 0 Å². The molecular formula is C15H15NO2S. The van der Waals surface area contributed by atoms with E-state index in [4.69, 9.17) is 5.11 Å². The fourth-order valence-electron chi connectivity index (χ4n) is 2.38. The van der Waals surface area contributed by atoms with Crippen LogP contribution in [0.4, 0.5) is 0 Å². The molecule has 0 atom stereocenters. The van der Waals surface area contributed by atoms with E-state index >= 15 is 0 Å². The lowest BCUT2D eigenvalue weighted by atomic mass is 10.1. The van der Waals surface area contributed by atoms with Gasteiger partial charge in [0, 0.05) is 16.9 Å². The van der Waals surface area contributed by atoms with Crippen LogP contribution in [-0.2, 0) is 24.1 Å². The van der Waals surface area contributed by atoms with Crippen molar-refractivity contribution in [1.82, 2.24) is 4.98 Å². The van der Waals surface area contributed by atoms with E-state index in [1.807, 2.05) is 24.3 Å². The maximum atomic E-state index is 10.5. The van der Waals surface area contributed by atoms with Gasteiger partial charge in [0.1, 0.15) is 5.01 Å². The summed E-state index contributed by atoms with van der Waals surface area (Å²) in [5.41, 5.74) is 3.48. The lowest BCUT2D eigenvalue weighted by molar-refractivity contribution is -0.136. The van der Waals surface area contributed by atoms with Crippen molar-refractivity contribution in [2.75, 3.05) is 0 Å². The first kappa shape index (κ1) is 12.4. The molecule has 1 aliphatic rings. The third kappa shape index (κ3) is 2.68. The predicted molar refractivity (Wildman–Crippen MR) is 75.5 cm³/mol. The molecule has 1 aromatic heterocycles. The Morgan fingerprint density at radius 1 is 1.26 bits per heavy atom. The lowest BCUT2D eigenvalue weighted by Gasteiger charge is -2.01. The van der Waals surface area contributed by atoms with Gasteiger partial charge in [-0.3, -0.25) is 4.79 Å². The van der Waals surface area contributed by atoms with Crippen LogP contribution in [0.25, 0.3) is 10.6 Å². The third-order valence-electron chi connectivity index (χ3n) is 3.42. The van der Waals surface area contributed by atoms with Crippen LogP contribution in [0, 0.1) is 0 Å². The summed E-state index contributed by atoms with van der Waals surface area (Å²) in [7, 11) is 0. The van der Waals surface area contributed by atoms with Gasteiger partial charge >= 0.3 is 5.97 Å². The molecule has 1 N–H and O–H groups in total. The standard InChI is InChI=1S/C15H15NO2S/c17-14(18)9-6-10-4-7-11(8-5-10)15-16-12-2-1-3-13(12)19-15/h4-5,7-8H,1-3,6,9H2,(H,17,18). The van der Waals surface area contributed by atoms with Crippen molar-refractivity contribution >= 4 is 17.3 Å². The van der Waals surface area contributed by atoms with Gasteiger partial charge in [-0.05, 0) is 31.2 Å². The average Bonchev–Trinajstić information content (AvgIpc) is 2.97. The number of aryl methyl sites for hydroxylation is 3. The van der Waals surface area contributed by atoms with Crippen LogP contribution < -0.4 is 0 Å². The molecule has 1 aliphatic carbocycles. The van der Waals surface area contributed by atoms with Crippen molar-refractivity contribution in [1.29, 1.82) is 0 Å². The quantitative estimate of drug-likeness (QED) is 0.929. The van der Waals surface area contributed by atoms with E-state index in [-0.39, 0.29) is 6.42 Å². The van der Waals surface area contributed by atoms with Crippen molar-refractivity contribution in [2.24, 2.45) is 0 Å². The van der Waals surface area contributed by atoms with Crippen LogP contribution in [-0.4, -0.2) is 16.1 Å². The number of hydrogen-bond acceptors (Lipinski definition) is 3. The smallest absolute Gasteiger partial charge is 0.303 e. The molecule has 1 aromatic carbocycles. The summed E-state index contributed by atoms with van der Waals surface area (Å²) in [6.07, 6.45) is 4.30. The Hall–Kier alpha value is -1.68. The molecule has 0 saturated carbocycles. The van der Waals surface area contributed by atoms with Crippen molar-refractivity contribution in [2.45, 2.75) is 32.1 Å². The Kier molecular flexibility index (Phi) is 3.34. The van der Waals surface area contributed by atoms with Gasteiger partial charge in [0.05, 0.1) is 5.69 Å². The number of carboxylic acids is 1. The molecule has 0 spiro atoms. The van der Waals surface area contributed by atoms with Gasteiger partial charge in [-0.1, -0.05) is 24.3 Å². The first-order valence-corrected chi connectivity index (χ1v) is 7.34. The molecule has 0 amide bonds. The van der Waals surface area contributed by atoms with Crippen LogP contribution in [0.15, 0.2) is 24.3 Å². The zero-order valence-corrected chi connectivity index (χ0v) is 11.4. The average molecular weight is 273 g/mol. The van der Waals surface area contributed by atoms with E-state index in [0.717, 1.165) is 22.6 Å². The summed E-state index contributed by atoms with van der Waals surface area (Å²) in [5, 5.41) is 9.76. The Morgan fingerprint density at radius 2 is 2.05 bits per heavy atom. The summed E-state index contributed by atoms with van der Waals surface area (Å²) in [6, 6.07) is 8.10. The number of nitrogens with zero attached hydrogens (tertiary/aromatic N) is 1. The summed E-state index contributed by atoms with van der Waals surface area (Å²) < 4.78 is 0. The first-order chi connectivity index (χ1) is 9.22. The number of aromatic nitrogens is 1. The van der Waals surface area contributed by atoms with Crippen LogP contribution in [0.2, 0.25) is 0 Å². The minimum atomic E-state index is -0.750.